The van der Waals surface area contributed by atoms with Gasteiger partial charge in [0.2, 0.25) is 0 Å². The van der Waals surface area contributed by atoms with Crippen molar-refractivity contribution in [1.82, 2.24) is 0 Å². The number of nitrogens with two attached hydrogens (primary N) is 1. The normalized spacial score (nSPS) is 5.75. The molecule has 0 saturated heterocycles. The van der Waals surface area contributed by atoms with Crippen molar-refractivity contribution >= 4 is 6.47 Å². The van der Waals surface area contributed by atoms with Gasteiger partial charge in [-0.2, -0.15) is 0 Å². The summed E-state index contributed by atoms with van der Waals surface area (Å²) in [6.45, 7) is 3.87. The van der Waals surface area contributed by atoms with Crippen molar-refractivity contribution in [2.24, 2.45) is 5.73 Å². The highest BCUT2D eigenvalue weighted by Crippen LogP contribution is 1.40. The lowest BCUT2D eigenvalue weighted by molar-refractivity contribution is -0.217. The molecule has 0 fully saturated rings. The minimum absolute atomic E-state index is 0.0694. The molecule has 0 amide bonds. The Labute approximate surface area is 47.5 Å². The molecule has 0 aliphatic heterocycles. The Kier molecular flexibility index (Phi) is 21.0. The van der Waals surface area contributed by atoms with E-state index in [1.165, 1.54) is 0 Å². The van der Waals surface area contributed by atoms with E-state index in [-0.39, 0.29) is 6.47 Å². The quantitative estimate of drug-likeness (QED) is 0.228. The van der Waals surface area contributed by atoms with Gasteiger partial charge in [-0.05, 0) is 0 Å². The fourth-order valence-electron chi connectivity index (χ4n) is 0. The van der Waals surface area contributed by atoms with Gasteiger partial charge in [0.05, 0.1) is 0 Å². The van der Waals surface area contributed by atoms with Crippen molar-refractivity contribution < 1.29 is 14.9 Å². The molecule has 0 rings (SSSR count). The standard InChI is InChI=1S/C3H7N.CH2O3/c1-2-3-4;2-1-4-3/h2H,1,3-4H2;1,3H. The summed E-state index contributed by atoms with van der Waals surface area (Å²) in [6.07, 6.45) is 1.65. The van der Waals surface area contributed by atoms with E-state index >= 15 is 0 Å². The van der Waals surface area contributed by atoms with Crippen LogP contribution in [0.4, 0.5) is 0 Å². The van der Waals surface area contributed by atoms with Gasteiger partial charge in [-0.15, -0.1) is 6.58 Å². The minimum Gasteiger partial charge on any atom is -0.327 e. The van der Waals surface area contributed by atoms with Crippen LogP contribution in [0.25, 0.3) is 0 Å². The topological polar surface area (TPSA) is 72.6 Å². The highest BCUT2D eigenvalue weighted by atomic mass is 17.1. The number of carbonyl (C=O) groups is 1. The van der Waals surface area contributed by atoms with Crippen LogP contribution in [0.3, 0.4) is 0 Å². The molecule has 0 unspecified atom stereocenters. The molecule has 0 aliphatic rings. The first kappa shape index (κ1) is 10.2. The molecule has 0 saturated carbocycles. The van der Waals surface area contributed by atoms with E-state index in [0.717, 1.165) is 0 Å². The van der Waals surface area contributed by atoms with Crippen LogP contribution in [0.1, 0.15) is 0 Å². The minimum atomic E-state index is -0.0694. The van der Waals surface area contributed by atoms with Crippen LogP contribution >= 0.6 is 0 Å². The molecule has 8 heavy (non-hydrogen) atoms. The molecule has 0 aliphatic carbocycles. The summed E-state index contributed by atoms with van der Waals surface area (Å²) in [6, 6.07) is 0. The molecule has 0 bridgehead atoms. The van der Waals surface area contributed by atoms with Crippen molar-refractivity contribution in [3.05, 3.63) is 12.7 Å². The van der Waals surface area contributed by atoms with Gasteiger partial charge in [-0.3, -0.25) is 4.79 Å². The van der Waals surface area contributed by atoms with Gasteiger partial charge in [0.1, 0.15) is 0 Å². The molecule has 48 valence electrons. The third-order valence-corrected chi connectivity index (χ3v) is 0.210. The summed E-state index contributed by atoms with van der Waals surface area (Å²) in [5.74, 6) is 0. The Balaban J connectivity index is 0. The lowest BCUT2D eigenvalue weighted by atomic mass is 10.7. The van der Waals surface area contributed by atoms with Crippen molar-refractivity contribution in [3.63, 3.8) is 0 Å². The molecular formula is C4H9NO3. The third kappa shape index (κ3) is 68.5. The lowest BCUT2D eigenvalue weighted by Gasteiger charge is -1.63. The molecular weight excluding hydrogens is 110 g/mol. The molecule has 4 heteroatoms. The summed E-state index contributed by atoms with van der Waals surface area (Å²) in [7, 11) is 0. The zero-order valence-corrected chi connectivity index (χ0v) is 4.41. The van der Waals surface area contributed by atoms with Crippen molar-refractivity contribution in [2.75, 3.05) is 6.54 Å². The number of hydrogen-bond donors (Lipinski definition) is 2. The molecule has 0 radical (unpaired) electrons. The van der Waals surface area contributed by atoms with E-state index in [1.807, 2.05) is 0 Å². The number of rotatable bonds is 2. The number of hydrogen-bond acceptors (Lipinski definition) is 4. The maximum absolute atomic E-state index is 8.70. The fraction of sp³-hybridized carbons (Fsp3) is 0.250. The van der Waals surface area contributed by atoms with Gasteiger partial charge in [0, 0.05) is 6.54 Å². The van der Waals surface area contributed by atoms with Gasteiger partial charge in [0.25, 0.3) is 0 Å². The Morgan fingerprint density at radius 2 is 2.12 bits per heavy atom. The highest BCUT2D eigenvalue weighted by Gasteiger charge is 1.47. The average molecular weight is 119 g/mol. The summed E-state index contributed by atoms with van der Waals surface area (Å²) in [4.78, 5) is 11.6. The first-order valence-electron chi connectivity index (χ1n) is 1.88. The summed E-state index contributed by atoms with van der Waals surface area (Å²) < 4.78 is 0. The molecule has 0 heterocycles. The second kappa shape index (κ2) is 16.5. The molecule has 4 nitrogen and oxygen atoms in total. The summed E-state index contributed by atoms with van der Waals surface area (Å²) in [5, 5.41) is 7.01. The molecule has 0 spiro atoms. The van der Waals surface area contributed by atoms with Crippen LogP contribution < -0.4 is 5.73 Å². The SMILES string of the molecule is C=CCN.O=COO. The Hall–Kier alpha value is -0.870. The van der Waals surface area contributed by atoms with Gasteiger partial charge >= 0.3 is 6.47 Å². The van der Waals surface area contributed by atoms with E-state index in [1.54, 1.807) is 6.08 Å². The maximum atomic E-state index is 8.70. The Bertz CT molecular complexity index is 47.2. The van der Waals surface area contributed by atoms with E-state index < -0.39 is 0 Å². The van der Waals surface area contributed by atoms with Crippen molar-refractivity contribution in [3.8, 4) is 0 Å². The first-order chi connectivity index (χ1) is 3.83. The van der Waals surface area contributed by atoms with Crippen LogP contribution in [-0.2, 0) is 9.68 Å². The van der Waals surface area contributed by atoms with Crippen LogP contribution in [0, 0.1) is 0 Å². The molecule has 0 atom stereocenters. The van der Waals surface area contributed by atoms with Crippen LogP contribution in [-0.4, -0.2) is 18.3 Å². The number of carbonyl (C=O) groups excluding carboxylic acids is 1. The smallest absolute Gasteiger partial charge is 0.327 e. The van der Waals surface area contributed by atoms with Crippen LogP contribution in [0.5, 0.6) is 0 Å². The zero-order chi connectivity index (χ0) is 6.83. The van der Waals surface area contributed by atoms with Crippen molar-refractivity contribution in [2.45, 2.75) is 0 Å². The zero-order valence-electron chi connectivity index (χ0n) is 4.41. The van der Waals surface area contributed by atoms with Crippen LogP contribution in [0.2, 0.25) is 0 Å². The van der Waals surface area contributed by atoms with Crippen LogP contribution in [0.15, 0.2) is 12.7 Å². The summed E-state index contributed by atoms with van der Waals surface area (Å²) in [5.41, 5.74) is 4.91. The third-order valence-electron chi connectivity index (χ3n) is 0.210. The monoisotopic (exact) mass is 119 g/mol. The van der Waals surface area contributed by atoms with E-state index in [2.05, 4.69) is 11.5 Å². The molecule has 0 aromatic rings. The predicted octanol–water partition coefficient (Wildman–Crippen LogP) is -0.236. The largest absolute Gasteiger partial charge is 0.330 e. The highest BCUT2D eigenvalue weighted by molar-refractivity contribution is 5.35. The second-order valence-electron chi connectivity index (χ2n) is 0.726. The molecule has 0 aromatic carbocycles. The van der Waals surface area contributed by atoms with Gasteiger partial charge in [0.15, 0.2) is 0 Å². The van der Waals surface area contributed by atoms with Gasteiger partial charge in [-0.1, -0.05) is 6.08 Å². The van der Waals surface area contributed by atoms with Gasteiger partial charge in [-0.25, -0.2) is 5.26 Å². The maximum Gasteiger partial charge on any atom is 0.330 e. The fourth-order valence-corrected chi connectivity index (χ4v) is 0. The molecule has 0 aromatic heterocycles. The predicted molar refractivity (Wildman–Crippen MR) is 29.0 cm³/mol. The Morgan fingerprint density at radius 1 is 1.88 bits per heavy atom. The Morgan fingerprint density at radius 3 is 2.12 bits per heavy atom. The second-order valence-corrected chi connectivity index (χ2v) is 0.726. The first-order valence-corrected chi connectivity index (χ1v) is 1.88. The average Bonchev–Trinajstić information content (AvgIpc) is 1.88. The van der Waals surface area contributed by atoms with Gasteiger partial charge < -0.3 is 10.6 Å². The van der Waals surface area contributed by atoms with E-state index in [4.69, 9.17) is 15.8 Å². The lowest BCUT2D eigenvalue weighted by Crippen LogP contribution is -1.90. The van der Waals surface area contributed by atoms with E-state index in [9.17, 15) is 0 Å². The van der Waals surface area contributed by atoms with E-state index in [0.29, 0.717) is 6.54 Å². The molecule has 3 N–H and O–H groups in total. The van der Waals surface area contributed by atoms with Crippen molar-refractivity contribution in [1.29, 1.82) is 0 Å². The summed E-state index contributed by atoms with van der Waals surface area (Å²) >= 11 is 0.